The molecule has 0 aliphatic heterocycles. The van der Waals surface area contributed by atoms with E-state index in [4.69, 9.17) is 4.74 Å². The summed E-state index contributed by atoms with van der Waals surface area (Å²) in [7, 11) is 0. The molecule has 1 heterocycles. The lowest BCUT2D eigenvalue weighted by atomic mass is 10.1. The fraction of sp³-hybridized carbons (Fsp3) is 0.222. The van der Waals surface area contributed by atoms with Crippen LogP contribution in [0.3, 0.4) is 0 Å². The molecule has 4 nitrogen and oxygen atoms in total. The number of rotatable bonds is 7. The van der Waals surface area contributed by atoms with Crippen molar-refractivity contribution in [1.29, 1.82) is 0 Å². The predicted octanol–water partition coefficient (Wildman–Crippen LogP) is 5.83. The zero-order chi connectivity index (χ0) is 17.6. The van der Waals surface area contributed by atoms with Gasteiger partial charge in [0.2, 0.25) is 5.13 Å². The lowest BCUT2D eigenvalue weighted by Crippen LogP contribution is -1.99. The quantitative estimate of drug-likeness (QED) is 0.373. The molecule has 0 amide bonds. The molecule has 0 aliphatic rings. The summed E-state index contributed by atoms with van der Waals surface area (Å²) < 4.78 is 7.68. The normalized spacial score (nSPS) is 10.7. The predicted molar refractivity (Wildman–Crippen MR) is 109 cm³/mol. The van der Waals surface area contributed by atoms with Crippen LogP contribution in [0, 0.1) is 13.8 Å². The average Bonchev–Trinajstić information content (AvgIpc) is 3.03. The minimum absolute atomic E-state index is 0.625. The first-order valence-electron chi connectivity index (χ1n) is 7.80. The molecular weight excluding hydrogens is 418 g/mol. The highest BCUT2D eigenvalue weighted by Crippen LogP contribution is 2.29. The maximum absolute atomic E-state index is 5.73. The maximum atomic E-state index is 5.73. The van der Waals surface area contributed by atoms with Crippen LogP contribution in [-0.4, -0.2) is 22.6 Å². The number of hydrogen-bond acceptors (Lipinski definition) is 6. The van der Waals surface area contributed by atoms with E-state index in [1.54, 1.807) is 23.1 Å². The Morgan fingerprint density at radius 3 is 2.84 bits per heavy atom. The second-order valence-electron chi connectivity index (χ2n) is 5.40. The van der Waals surface area contributed by atoms with Crippen LogP contribution in [0.4, 0.5) is 10.8 Å². The van der Waals surface area contributed by atoms with E-state index in [1.807, 2.05) is 30.3 Å². The molecule has 2 aromatic carbocycles. The number of nitrogens with one attached hydrogen (secondary N) is 1. The fourth-order valence-electron chi connectivity index (χ4n) is 2.17. The van der Waals surface area contributed by atoms with Gasteiger partial charge in [-0.15, -0.1) is 10.2 Å². The highest BCUT2D eigenvalue weighted by molar-refractivity contribution is 9.10. The van der Waals surface area contributed by atoms with Crippen molar-refractivity contribution in [1.82, 2.24) is 10.2 Å². The van der Waals surface area contributed by atoms with Gasteiger partial charge >= 0.3 is 0 Å². The summed E-state index contributed by atoms with van der Waals surface area (Å²) in [6, 6.07) is 14.1. The molecule has 0 saturated carbocycles. The Hall–Kier alpha value is -1.57. The van der Waals surface area contributed by atoms with E-state index in [0.29, 0.717) is 6.61 Å². The van der Waals surface area contributed by atoms with Crippen LogP contribution in [0.25, 0.3) is 0 Å². The van der Waals surface area contributed by atoms with Gasteiger partial charge < -0.3 is 10.1 Å². The van der Waals surface area contributed by atoms with Crippen molar-refractivity contribution in [2.45, 2.75) is 18.2 Å². The average molecular weight is 436 g/mol. The molecule has 7 heteroatoms. The van der Waals surface area contributed by atoms with Crippen LogP contribution in [0.2, 0.25) is 0 Å². The molecule has 3 aromatic rings. The van der Waals surface area contributed by atoms with E-state index >= 15 is 0 Å². The zero-order valence-corrected chi connectivity index (χ0v) is 17.2. The van der Waals surface area contributed by atoms with Crippen molar-refractivity contribution < 1.29 is 4.74 Å². The zero-order valence-electron chi connectivity index (χ0n) is 14.0. The van der Waals surface area contributed by atoms with Gasteiger partial charge in [0.1, 0.15) is 5.75 Å². The van der Waals surface area contributed by atoms with Gasteiger partial charge in [0, 0.05) is 15.9 Å². The number of halogens is 1. The molecule has 3 rings (SSSR count). The Balaban J connectivity index is 1.49. The van der Waals surface area contributed by atoms with E-state index in [0.717, 1.165) is 31.1 Å². The van der Waals surface area contributed by atoms with Crippen molar-refractivity contribution in [3.05, 3.63) is 58.1 Å². The van der Waals surface area contributed by atoms with Gasteiger partial charge in [-0.1, -0.05) is 57.2 Å². The summed E-state index contributed by atoms with van der Waals surface area (Å²) in [5, 5.41) is 12.6. The van der Waals surface area contributed by atoms with Gasteiger partial charge in [0.15, 0.2) is 4.34 Å². The van der Waals surface area contributed by atoms with Gasteiger partial charge in [-0.3, -0.25) is 0 Å². The highest BCUT2D eigenvalue weighted by atomic mass is 79.9. The number of thioether (sulfide) groups is 1. The third-order valence-corrected chi connectivity index (χ3v) is 6.06. The van der Waals surface area contributed by atoms with Gasteiger partial charge in [0.05, 0.1) is 6.61 Å². The molecule has 130 valence electrons. The van der Waals surface area contributed by atoms with Crippen molar-refractivity contribution in [2.75, 3.05) is 17.7 Å². The Bertz CT molecular complexity index is 854. The van der Waals surface area contributed by atoms with Crippen molar-refractivity contribution >= 4 is 49.8 Å². The SMILES string of the molecule is Cc1cccc(Nc2nnc(SCCOc3cccc(Br)c3)s2)c1C. The summed E-state index contributed by atoms with van der Waals surface area (Å²) >= 11 is 6.65. The molecule has 0 fully saturated rings. The summed E-state index contributed by atoms with van der Waals surface area (Å²) in [6.07, 6.45) is 0. The molecule has 0 radical (unpaired) electrons. The lowest BCUT2D eigenvalue weighted by molar-refractivity contribution is 0.344. The van der Waals surface area contributed by atoms with Gasteiger partial charge in [-0.25, -0.2) is 0 Å². The Kier molecular flexibility index (Phi) is 6.34. The third-order valence-electron chi connectivity index (χ3n) is 3.63. The molecule has 1 N–H and O–H groups in total. The second kappa shape index (κ2) is 8.69. The lowest BCUT2D eigenvalue weighted by Gasteiger charge is -2.08. The monoisotopic (exact) mass is 435 g/mol. The largest absolute Gasteiger partial charge is 0.493 e. The summed E-state index contributed by atoms with van der Waals surface area (Å²) in [4.78, 5) is 0. The molecule has 0 aliphatic carbocycles. The first-order chi connectivity index (χ1) is 12.1. The Labute approximate surface area is 164 Å². The Morgan fingerprint density at radius 1 is 1.16 bits per heavy atom. The van der Waals surface area contributed by atoms with Crippen LogP contribution in [-0.2, 0) is 0 Å². The van der Waals surface area contributed by atoms with E-state index in [2.05, 4.69) is 57.4 Å². The van der Waals surface area contributed by atoms with Crippen LogP contribution in [0.15, 0.2) is 51.3 Å². The first-order valence-corrected chi connectivity index (χ1v) is 10.4. The van der Waals surface area contributed by atoms with Crippen molar-refractivity contribution in [3.8, 4) is 5.75 Å². The smallest absolute Gasteiger partial charge is 0.210 e. The van der Waals surface area contributed by atoms with Crippen molar-refractivity contribution in [2.24, 2.45) is 0 Å². The van der Waals surface area contributed by atoms with Crippen LogP contribution in [0.1, 0.15) is 11.1 Å². The summed E-state index contributed by atoms with van der Waals surface area (Å²) in [6.45, 7) is 4.83. The maximum Gasteiger partial charge on any atom is 0.210 e. The highest BCUT2D eigenvalue weighted by Gasteiger charge is 2.07. The number of aromatic nitrogens is 2. The van der Waals surface area contributed by atoms with E-state index in [-0.39, 0.29) is 0 Å². The number of anilines is 2. The summed E-state index contributed by atoms with van der Waals surface area (Å²) in [5.41, 5.74) is 3.56. The summed E-state index contributed by atoms with van der Waals surface area (Å²) in [5.74, 6) is 1.69. The van der Waals surface area contributed by atoms with Gasteiger partial charge in [0.25, 0.3) is 0 Å². The first kappa shape index (κ1) is 18.2. The fourth-order valence-corrected chi connectivity index (χ4v) is 4.20. The standard InChI is InChI=1S/C18H18BrN3OS2/c1-12-5-3-8-16(13(12)2)20-17-21-22-18(25-17)24-10-9-23-15-7-4-6-14(19)11-15/h3-8,11H,9-10H2,1-2H3,(H,20,21). The van der Waals surface area contributed by atoms with Crippen LogP contribution in [0.5, 0.6) is 5.75 Å². The molecular formula is C18H18BrN3OS2. The second-order valence-corrected chi connectivity index (χ2v) is 8.64. The van der Waals surface area contributed by atoms with Crippen LogP contribution >= 0.6 is 39.0 Å². The molecule has 1 aromatic heterocycles. The molecule has 0 spiro atoms. The number of ether oxygens (including phenoxy) is 1. The topological polar surface area (TPSA) is 47.0 Å². The van der Waals surface area contributed by atoms with E-state index < -0.39 is 0 Å². The minimum Gasteiger partial charge on any atom is -0.493 e. The molecule has 0 atom stereocenters. The van der Waals surface area contributed by atoms with E-state index in [1.165, 1.54) is 11.1 Å². The van der Waals surface area contributed by atoms with E-state index in [9.17, 15) is 0 Å². The van der Waals surface area contributed by atoms with Gasteiger partial charge in [-0.05, 0) is 49.2 Å². The minimum atomic E-state index is 0.625. The third kappa shape index (κ3) is 5.20. The molecule has 0 unspecified atom stereocenters. The Morgan fingerprint density at radius 2 is 2.00 bits per heavy atom. The molecule has 25 heavy (non-hydrogen) atoms. The molecule has 0 bridgehead atoms. The number of benzene rings is 2. The number of aryl methyl sites for hydroxylation is 1. The molecule has 0 saturated heterocycles. The van der Waals surface area contributed by atoms with Gasteiger partial charge in [-0.2, -0.15) is 0 Å². The number of nitrogens with zero attached hydrogens (tertiary/aromatic N) is 2. The van der Waals surface area contributed by atoms with Crippen LogP contribution < -0.4 is 10.1 Å². The number of hydrogen-bond donors (Lipinski definition) is 1. The van der Waals surface area contributed by atoms with Crippen molar-refractivity contribution in [3.63, 3.8) is 0 Å².